The van der Waals surface area contributed by atoms with Crippen molar-refractivity contribution in [3.05, 3.63) is 0 Å². The summed E-state index contributed by atoms with van der Waals surface area (Å²) in [5, 5.41) is 0. The molecule has 4 heteroatoms. The fourth-order valence-electron chi connectivity index (χ4n) is 0.846. The average molecular weight is 188 g/mol. The van der Waals surface area contributed by atoms with Crippen LogP contribution in [-0.2, 0) is 4.74 Å². The molecule has 2 N–H and O–H groups in total. The van der Waals surface area contributed by atoms with Crippen molar-refractivity contribution in [2.45, 2.75) is 39.3 Å². The molecule has 0 rings (SSSR count). The molecule has 1 amide bonds. The average Bonchev–Trinajstić information content (AvgIpc) is 1.81. The maximum absolute atomic E-state index is 11.3. The molecule has 0 bridgehead atoms. The topological polar surface area (TPSA) is 55.6 Å². The van der Waals surface area contributed by atoms with Gasteiger partial charge < -0.3 is 15.4 Å². The van der Waals surface area contributed by atoms with Gasteiger partial charge in [-0.05, 0) is 27.7 Å². The standard InChI is InChI=1S/C9H20N2O2/c1-7(10)6-11(5)8(12)13-9(2,3)4/h7H,6,10H2,1-5H3/t7-/m0/s1. The molecule has 0 saturated carbocycles. The van der Waals surface area contributed by atoms with Crippen molar-refractivity contribution in [3.8, 4) is 0 Å². The molecule has 0 aliphatic heterocycles. The Morgan fingerprint density at radius 1 is 1.54 bits per heavy atom. The predicted octanol–water partition coefficient (Wildman–Crippen LogP) is 1.20. The maximum atomic E-state index is 11.3. The molecule has 0 aromatic heterocycles. The molecule has 0 aromatic rings. The van der Waals surface area contributed by atoms with Crippen molar-refractivity contribution in [2.24, 2.45) is 5.73 Å². The highest BCUT2D eigenvalue weighted by Crippen LogP contribution is 2.08. The molecule has 4 nitrogen and oxygen atoms in total. The van der Waals surface area contributed by atoms with Gasteiger partial charge in [0.1, 0.15) is 5.60 Å². The van der Waals surface area contributed by atoms with Gasteiger partial charge in [-0.25, -0.2) is 4.79 Å². The molecule has 0 fully saturated rings. The highest BCUT2D eigenvalue weighted by atomic mass is 16.6. The molecule has 13 heavy (non-hydrogen) atoms. The molecule has 0 heterocycles. The lowest BCUT2D eigenvalue weighted by Gasteiger charge is -2.25. The Morgan fingerprint density at radius 3 is 2.31 bits per heavy atom. The van der Waals surface area contributed by atoms with Gasteiger partial charge in [0.25, 0.3) is 0 Å². The van der Waals surface area contributed by atoms with Crippen molar-refractivity contribution in [2.75, 3.05) is 13.6 Å². The Hall–Kier alpha value is -0.770. The second-order valence-corrected chi connectivity index (χ2v) is 4.34. The van der Waals surface area contributed by atoms with E-state index in [0.29, 0.717) is 6.54 Å². The minimum absolute atomic E-state index is 0.0301. The van der Waals surface area contributed by atoms with E-state index in [0.717, 1.165) is 0 Å². The van der Waals surface area contributed by atoms with Crippen molar-refractivity contribution < 1.29 is 9.53 Å². The van der Waals surface area contributed by atoms with Crippen LogP contribution in [0.5, 0.6) is 0 Å². The second-order valence-electron chi connectivity index (χ2n) is 4.34. The van der Waals surface area contributed by atoms with Crippen LogP contribution in [0.25, 0.3) is 0 Å². The number of nitrogens with two attached hydrogens (primary N) is 1. The molecule has 78 valence electrons. The van der Waals surface area contributed by atoms with E-state index in [1.54, 1.807) is 7.05 Å². The maximum Gasteiger partial charge on any atom is 0.410 e. The molecule has 0 aliphatic carbocycles. The highest BCUT2D eigenvalue weighted by molar-refractivity contribution is 5.67. The Labute approximate surface area is 80.0 Å². The summed E-state index contributed by atoms with van der Waals surface area (Å²) in [7, 11) is 1.68. The van der Waals surface area contributed by atoms with Crippen LogP contribution in [0.1, 0.15) is 27.7 Å². The van der Waals surface area contributed by atoms with Crippen LogP contribution in [-0.4, -0.2) is 36.2 Å². The number of nitrogens with zero attached hydrogens (tertiary/aromatic N) is 1. The van der Waals surface area contributed by atoms with Crippen molar-refractivity contribution in [3.63, 3.8) is 0 Å². The van der Waals surface area contributed by atoms with Gasteiger partial charge in [0, 0.05) is 19.6 Å². The summed E-state index contributed by atoms with van der Waals surface area (Å²) in [6.07, 6.45) is -0.329. The summed E-state index contributed by atoms with van der Waals surface area (Å²) in [4.78, 5) is 12.8. The molecule has 0 saturated heterocycles. The summed E-state index contributed by atoms with van der Waals surface area (Å²) in [6, 6.07) is -0.0301. The molecule has 0 aromatic carbocycles. The quantitative estimate of drug-likeness (QED) is 0.708. The molecule has 1 atom stereocenters. The van der Waals surface area contributed by atoms with Gasteiger partial charge in [-0.15, -0.1) is 0 Å². The normalized spacial score (nSPS) is 13.7. The van der Waals surface area contributed by atoms with Crippen LogP contribution in [0.2, 0.25) is 0 Å². The molecule has 0 unspecified atom stereocenters. The van der Waals surface area contributed by atoms with Crippen LogP contribution >= 0.6 is 0 Å². The van der Waals surface area contributed by atoms with E-state index in [2.05, 4.69) is 0 Å². The number of hydrogen-bond donors (Lipinski definition) is 1. The van der Waals surface area contributed by atoms with Crippen LogP contribution in [0, 0.1) is 0 Å². The van der Waals surface area contributed by atoms with Crippen LogP contribution in [0.15, 0.2) is 0 Å². The number of likely N-dealkylation sites (N-methyl/N-ethyl adjacent to an activating group) is 1. The first kappa shape index (κ1) is 12.2. The number of carbonyl (C=O) groups is 1. The lowest BCUT2D eigenvalue weighted by molar-refractivity contribution is 0.0291. The van der Waals surface area contributed by atoms with Crippen LogP contribution in [0.4, 0.5) is 4.79 Å². The smallest absolute Gasteiger partial charge is 0.410 e. The first-order valence-electron chi connectivity index (χ1n) is 4.42. The lowest BCUT2D eigenvalue weighted by atomic mass is 10.2. The second kappa shape index (κ2) is 4.46. The third-order valence-corrected chi connectivity index (χ3v) is 1.27. The molecule has 0 radical (unpaired) electrons. The minimum Gasteiger partial charge on any atom is -0.444 e. The van der Waals surface area contributed by atoms with Gasteiger partial charge in [-0.2, -0.15) is 0 Å². The van der Waals surface area contributed by atoms with Gasteiger partial charge in [0.15, 0.2) is 0 Å². The first-order chi connectivity index (χ1) is 5.72. The number of amides is 1. The van der Waals surface area contributed by atoms with Crippen LogP contribution in [0.3, 0.4) is 0 Å². The lowest BCUT2D eigenvalue weighted by Crippen LogP contribution is -2.40. The van der Waals surface area contributed by atoms with Gasteiger partial charge >= 0.3 is 6.09 Å². The zero-order chi connectivity index (χ0) is 10.6. The van der Waals surface area contributed by atoms with Gasteiger partial charge in [0.2, 0.25) is 0 Å². The van der Waals surface area contributed by atoms with E-state index >= 15 is 0 Å². The minimum atomic E-state index is -0.441. The van der Waals surface area contributed by atoms with Crippen molar-refractivity contribution in [1.29, 1.82) is 0 Å². The summed E-state index contributed by atoms with van der Waals surface area (Å²) in [5.41, 5.74) is 5.10. The van der Waals surface area contributed by atoms with Crippen molar-refractivity contribution in [1.82, 2.24) is 4.90 Å². The van der Waals surface area contributed by atoms with Gasteiger partial charge in [0.05, 0.1) is 0 Å². The van der Waals surface area contributed by atoms with E-state index in [1.807, 2.05) is 27.7 Å². The first-order valence-corrected chi connectivity index (χ1v) is 4.42. The highest BCUT2D eigenvalue weighted by Gasteiger charge is 2.19. The number of carbonyl (C=O) groups excluding carboxylic acids is 1. The largest absolute Gasteiger partial charge is 0.444 e. The Kier molecular flexibility index (Phi) is 4.20. The monoisotopic (exact) mass is 188 g/mol. The Bertz CT molecular complexity index is 173. The fraction of sp³-hybridized carbons (Fsp3) is 0.889. The Balaban J connectivity index is 3.97. The number of ether oxygens (including phenoxy) is 1. The molecule has 0 aliphatic rings. The summed E-state index contributed by atoms with van der Waals surface area (Å²) in [5.74, 6) is 0. The summed E-state index contributed by atoms with van der Waals surface area (Å²) >= 11 is 0. The summed E-state index contributed by atoms with van der Waals surface area (Å²) in [6.45, 7) is 7.87. The molecular weight excluding hydrogens is 168 g/mol. The van der Waals surface area contributed by atoms with Gasteiger partial charge in [-0.1, -0.05) is 0 Å². The number of rotatable bonds is 2. The zero-order valence-electron chi connectivity index (χ0n) is 9.13. The van der Waals surface area contributed by atoms with Gasteiger partial charge in [-0.3, -0.25) is 0 Å². The van der Waals surface area contributed by atoms with Crippen molar-refractivity contribution >= 4 is 6.09 Å². The SMILES string of the molecule is C[C@H](N)CN(C)C(=O)OC(C)(C)C. The Morgan fingerprint density at radius 2 is 2.00 bits per heavy atom. The fourth-order valence-corrected chi connectivity index (χ4v) is 0.846. The number of hydrogen-bond acceptors (Lipinski definition) is 3. The third kappa shape index (κ3) is 6.40. The summed E-state index contributed by atoms with van der Waals surface area (Å²) < 4.78 is 5.13. The van der Waals surface area contributed by atoms with E-state index in [9.17, 15) is 4.79 Å². The zero-order valence-corrected chi connectivity index (χ0v) is 9.13. The van der Waals surface area contributed by atoms with E-state index < -0.39 is 5.60 Å². The van der Waals surface area contributed by atoms with E-state index in [-0.39, 0.29) is 12.1 Å². The third-order valence-electron chi connectivity index (χ3n) is 1.27. The predicted molar refractivity (Wildman–Crippen MR) is 52.5 cm³/mol. The van der Waals surface area contributed by atoms with Crippen LogP contribution < -0.4 is 5.73 Å². The van der Waals surface area contributed by atoms with E-state index in [1.165, 1.54) is 4.90 Å². The van der Waals surface area contributed by atoms with E-state index in [4.69, 9.17) is 10.5 Å². The molecular formula is C9H20N2O2. The molecule has 0 spiro atoms.